The normalized spacial score (nSPS) is 13.1. The maximum Gasteiger partial charge on any atom is 0.242 e. The Balaban J connectivity index is 1.75. The topological polar surface area (TPSA) is 123 Å². The Morgan fingerprint density at radius 2 is 1.89 bits per heavy atom. The van der Waals surface area contributed by atoms with Gasteiger partial charge in [0.1, 0.15) is 11.9 Å². The largest absolute Gasteiger partial charge is 0.384 e. The molecule has 142 valence electrons. The number of nitrogen functional groups attached to an aromatic ring is 1. The van der Waals surface area contributed by atoms with Gasteiger partial charge < -0.3 is 22.1 Å². The van der Waals surface area contributed by atoms with Gasteiger partial charge in [0.2, 0.25) is 11.8 Å². The first kappa shape index (κ1) is 20.1. The van der Waals surface area contributed by atoms with Crippen molar-refractivity contribution < 1.29 is 9.59 Å². The predicted molar refractivity (Wildman–Crippen MR) is 106 cm³/mol. The third kappa shape index (κ3) is 6.91. The average Bonchev–Trinajstić information content (AvgIpc) is 2.67. The molecule has 0 aliphatic rings. The van der Waals surface area contributed by atoms with E-state index in [2.05, 4.69) is 15.6 Å². The first-order valence-electron chi connectivity index (χ1n) is 8.71. The molecule has 1 aromatic carbocycles. The maximum absolute atomic E-state index is 12.1. The van der Waals surface area contributed by atoms with E-state index in [0.717, 1.165) is 11.1 Å². The minimum absolute atomic E-state index is 0.299. The predicted octanol–water partition coefficient (Wildman–Crippen LogP) is 1.22. The molecule has 2 rings (SSSR count). The summed E-state index contributed by atoms with van der Waals surface area (Å²) in [4.78, 5) is 28.2. The Morgan fingerprint density at radius 1 is 1.15 bits per heavy atom. The monoisotopic (exact) mass is 367 g/mol. The zero-order valence-electron chi connectivity index (χ0n) is 15.3. The number of anilines is 1. The molecule has 0 saturated heterocycles. The molecule has 1 aromatic heterocycles. The van der Waals surface area contributed by atoms with Crippen molar-refractivity contribution in [1.29, 1.82) is 0 Å². The second-order valence-electron chi connectivity index (χ2n) is 6.19. The van der Waals surface area contributed by atoms with Gasteiger partial charge in [0.25, 0.3) is 0 Å². The summed E-state index contributed by atoms with van der Waals surface area (Å²) in [6.07, 6.45) is 5.72. The lowest BCUT2D eigenvalue weighted by molar-refractivity contribution is -0.129. The van der Waals surface area contributed by atoms with Gasteiger partial charge in [-0.05, 0) is 30.5 Å². The molecule has 0 aliphatic heterocycles. The van der Waals surface area contributed by atoms with Crippen LogP contribution in [-0.4, -0.2) is 28.9 Å². The highest BCUT2D eigenvalue weighted by Gasteiger charge is 2.19. The van der Waals surface area contributed by atoms with Crippen molar-refractivity contribution >= 4 is 23.7 Å². The molecule has 7 heteroatoms. The number of aromatic nitrogens is 1. The number of nitrogens with two attached hydrogens (primary N) is 2. The van der Waals surface area contributed by atoms with E-state index < -0.39 is 12.1 Å². The van der Waals surface area contributed by atoms with Crippen molar-refractivity contribution in [2.24, 2.45) is 5.73 Å². The molecule has 0 bridgehead atoms. The van der Waals surface area contributed by atoms with Crippen LogP contribution in [0, 0.1) is 0 Å². The molecule has 1 heterocycles. The summed E-state index contributed by atoms with van der Waals surface area (Å²) < 4.78 is 0. The summed E-state index contributed by atoms with van der Waals surface area (Å²) in [7, 11) is 0. The molecule has 7 nitrogen and oxygen atoms in total. The van der Waals surface area contributed by atoms with E-state index >= 15 is 0 Å². The van der Waals surface area contributed by atoms with Crippen LogP contribution in [0.15, 0.2) is 54.7 Å². The van der Waals surface area contributed by atoms with Crippen LogP contribution >= 0.6 is 0 Å². The minimum atomic E-state index is -0.721. The lowest BCUT2D eigenvalue weighted by atomic mass is 10.1. The van der Waals surface area contributed by atoms with Crippen LogP contribution in [0.2, 0.25) is 0 Å². The van der Waals surface area contributed by atoms with Crippen LogP contribution in [0.25, 0.3) is 6.08 Å². The minimum Gasteiger partial charge on any atom is -0.384 e. The van der Waals surface area contributed by atoms with Crippen LogP contribution < -0.4 is 22.1 Å². The van der Waals surface area contributed by atoms with E-state index in [4.69, 9.17) is 11.5 Å². The zero-order valence-corrected chi connectivity index (χ0v) is 15.3. The zero-order chi connectivity index (χ0) is 19.6. The number of nitrogens with zero attached hydrogens (tertiary/aromatic N) is 1. The number of benzene rings is 1. The third-order valence-corrected chi connectivity index (χ3v) is 3.90. The fourth-order valence-corrected chi connectivity index (χ4v) is 2.29. The molecule has 6 N–H and O–H groups in total. The van der Waals surface area contributed by atoms with Gasteiger partial charge in [-0.2, -0.15) is 0 Å². The van der Waals surface area contributed by atoms with E-state index in [1.54, 1.807) is 25.3 Å². The first-order chi connectivity index (χ1) is 13.0. The highest BCUT2D eigenvalue weighted by molar-refractivity contribution is 5.89. The number of pyridine rings is 1. The second kappa shape index (κ2) is 10.1. The first-order valence-corrected chi connectivity index (χ1v) is 8.71. The molecule has 2 atom stereocenters. The van der Waals surface area contributed by atoms with Gasteiger partial charge in [0, 0.05) is 12.7 Å². The Bertz CT molecular complexity index is 775. The second-order valence-corrected chi connectivity index (χ2v) is 6.19. The van der Waals surface area contributed by atoms with Crippen molar-refractivity contribution in [2.45, 2.75) is 32.0 Å². The lowest BCUT2D eigenvalue weighted by Crippen LogP contribution is -2.50. The molecule has 27 heavy (non-hydrogen) atoms. The average molecular weight is 367 g/mol. The van der Waals surface area contributed by atoms with Crippen LogP contribution in [-0.2, 0) is 16.1 Å². The highest BCUT2D eigenvalue weighted by atomic mass is 16.2. The number of hydrogen-bond acceptors (Lipinski definition) is 5. The van der Waals surface area contributed by atoms with Gasteiger partial charge in [-0.15, -0.1) is 0 Å². The summed E-state index contributed by atoms with van der Waals surface area (Å²) in [5.74, 6) is -0.252. The molecule has 2 amide bonds. The van der Waals surface area contributed by atoms with Gasteiger partial charge in [-0.25, -0.2) is 4.98 Å². The Labute approximate surface area is 158 Å². The van der Waals surface area contributed by atoms with Crippen LogP contribution in [0.3, 0.4) is 0 Å². The fourth-order valence-electron chi connectivity index (χ4n) is 2.29. The summed E-state index contributed by atoms with van der Waals surface area (Å²) in [5, 5.41) is 5.37. The van der Waals surface area contributed by atoms with Gasteiger partial charge in [-0.3, -0.25) is 9.59 Å². The van der Waals surface area contributed by atoms with Crippen LogP contribution in [0.4, 0.5) is 5.82 Å². The van der Waals surface area contributed by atoms with Crippen LogP contribution in [0.5, 0.6) is 0 Å². The lowest BCUT2D eigenvalue weighted by Gasteiger charge is -2.16. The van der Waals surface area contributed by atoms with Gasteiger partial charge in [0.05, 0.1) is 6.04 Å². The SMILES string of the molecule is CC(NC(=O)C(N)C/C=C/c1ccccc1)C(=O)NCc1ccc(N)nc1. The summed E-state index contributed by atoms with van der Waals surface area (Å²) in [5.41, 5.74) is 13.3. The fraction of sp³-hybridized carbons (Fsp3) is 0.250. The van der Waals surface area contributed by atoms with E-state index in [9.17, 15) is 9.59 Å². The van der Waals surface area contributed by atoms with E-state index in [0.29, 0.717) is 18.8 Å². The number of amides is 2. The molecule has 0 radical (unpaired) electrons. The number of carbonyl (C=O) groups excluding carboxylic acids is 2. The molecule has 0 saturated carbocycles. The number of carbonyl (C=O) groups is 2. The Hall–Kier alpha value is -3.19. The third-order valence-electron chi connectivity index (χ3n) is 3.90. The standard InChI is InChI=1S/C20H25N5O2/c1-14(19(26)24-13-16-10-11-18(22)23-12-16)25-20(27)17(21)9-5-8-15-6-3-2-4-7-15/h2-8,10-12,14,17H,9,13,21H2,1H3,(H2,22,23)(H,24,26)(H,25,27)/b8-5+. The smallest absolute Gasteiger partial charge is 0.242 e. The van der Waals surface area contributed by atoms with Crippen molar-refractivity contribution in [1.82, 2.24) is 15.6 Å². The van der Waals surface area contributed by atoms with E-state index in [1.165, 1.54) is 0 Å². The van der Waals surface area contributed by atoms with Crippen molar-refractivity contribution in [3.63, 3.8) is 0 Å². The number of hydrogen-bond donors (Lipinski definition) is 4. The van der Waals surface area contributed by atoms with Gasteiger partial charge in [-0.1, -0.05) is 48.6 Å². The summed E-state index contributed by atoms with van der Waals surface area (Å²) >= 11 is 0. The van der Waals surface area contributed by atoms with E-state index in [-0.39, 0.29) is 11.8 Å². The van der Waals surface area contributed by atoms with Crippen LogP contribution in [0.1, 0.15) is 24.5 Å². The molecular weight excluding hydrogens is 342 g/mol. The summed E-state index contributed by atoms with van der Waals surface area (Å²) in [6, 6.07) is 11.8. The quantitative estimate of drug-likeness (QED) is 0.558. The van der Waals surface area contributed by atoms with Crippen molar-refractivity contribution in [3.05, 3.63) is 65.9 Å². The van der Waals surface area contributed by atoms with Crippen molar-refractivity contribution in [3.8, 4) is 0 Å². The van der Waals surface area contributed by atoms with Gasteiger partial charge >= 0.3 is 0 Å². The van der Waals surface area contributed by atoms with E-state index in [1.807, 2.05) is 42.5 Å². The number of nitrogens with one attached hydrogen (secondary N) is 2. The number of rotatable bonds is 8. The molecular formula is C20H25N5O2. The molecule has 0 aliphatic carbocycles. The molecule has 0 fully saturated rings. The van der Waals surface area contributed by atoms with Crippen molar-refractivity contribution in [2.75, 3.05) is 5.73 Å². The highest BCUT2D eigenvalue weighted by Crippen LogP contribution is 2.03. The molecule has 0 spiro atoms. The Kier molecular flexibility index (Phi) is 7.51. The Morgan fingerprint density at radius 3 is 2.56 bits per heavy atom. The summed E-state index contributed by atoms with van der Waals surface area (Å²) in [6.45, 7) is 1.92. The molecule has 2 aromatic rings. The molecule has 2 unspecified atom stereocenters. The van der Waals surface area contributed by atoms with Gasteiger partial charge in [0.15, 0.2) is 0 Å². The maximum atomic E-state index is 12.1.